The smallest absolute Gasteiger partial charge is 0.510 e. The number of aromatic nitrogens is 3. The second-order valence-corrected chi connectivity index (χ2v) is 16.9. The Kier molecular flexibility index (Phi) is 8.31. The van der Waals surface area contributed by atoms with E-state index in [2.05, 4.69) is 123 Å². The van der Waals surface area contributed by atoms with Crippen LogP contribution in [0.3, 0.4) is 0 Å². The fraction of sp³-hybridized carbons (Fsp3) is 0.0678. The second-order valence-electron chi connectivity index (χ2n) is 16.9. The molecule has 306 valence electrons. The molecule has 1 aliphatic heterocycles. The van der Waals surface area contributed by atoms with Gasteiger partial charge in [-0.15, -0.1) is 35.7 Å². The summed E-state index contributed by atoms with van der Waals surface area (Å²) in [5.41, 5.74) is 13.2. The Morgan fingerprint density at radius 2 is 1.19 bits per heavy atom. The van der Waals surface area contributed by atoms with E-state index in [0.29, 0.717) is 28.4 Å². The maximum Gasteiger partial charge on any atom is 4.00 e. The van der Waals surface area contributed by atoms with Crippen molar-refractivity contribution < 1.29 is 37.2 Å². The molecule has 0 radical (unpaired) electrons. The molecule has 0 bridgehead atoms. The van der Waals surface area contributed by atoms with Gasteiger partial charge >= 0.3 is 21.1 Å². The topological polar surface area (TPSA) is 23.0 Å². The quantitative estimate of drug-likeness (QED) is 0.124. The van der Waals surface area contributed by atoms with Crippen LogP contribution in [0.4, 0.5) is 0 Å². The first-order chi connectivity index (χ1) is 33.0. The van der Waals surface area contributed by atoms with Gasteiger partial charge in [0.1, 0.15) is 0 Å². The van der Waals surface area contributed by atoms with Gasteiger partial charge in [0.2, 0.25) is 0 Å². The minimum atomic E-state index is -0.444. The number of hydrogen-bond acceptors (Lipinski definition) is 1. The van der Waals surface area contributed by atoms with Crippen molar-refractivity contribution in [3.63, 3.8) is 0 Å². The van der Waals surface area contributed by atoms with Crippen molar-refractivity contribution in [1.82, 2.24) is 9.13 Å². The van der Waals surface area contributed by atoms with Gasteiger partial charge in [-0.25, -0.2) is 0 Å². The molecule has 11 aromatic rings. The Morgan fingerprint density at radius 1 is 0.562 bits per heavy atom. The first kappa shape index (κ1) is 34.3. The minimum absolute atomic E-state index is 0. The molecule has 12 rings (SSSR count). The summed E-state index contributed by atoms with van der Waals surface area (Å²) in [6.45, 7) is 6.64. The molecular weight excluding hydrogens is 962 g/mol. The molecule has 2 aromatic heterocycles. The van der Waals surface area contributed by atoms with E-state index < -0.39 is 18.1 Å². The Hall–Kier alpha value is -7.26. The zero-order valence-corrected chi connectivity index (χ0v) is 37.3. The molecule has 5 heteroatoms. The Bertz CT molecular complexity index is 3880. The zero-order chi connectivity index (χ0) is 46.6. The first-order valence-corrected chi connectivity index (χ1v) is 21.0. The third-order valence-electron chi connectivity index (χ3n) is 12.1. The molecule has 0 unspecified atom stereocenters. The number of ether oxygens (including phenoxy) is 1. The van der Waals surface area contributed by atoms with E-state index in [0.717, 1.165) is 71.9 Å². The van der Waals surface area contributed by atoms with Crippen LogP contribution in [0.15, 0.2) is 188 Å². The van der Waals surface area contributed by atoms with Crippen LogP contribution < -0.4 is 9.30 Å². The summed E-state index contributed by atoms with van der Waals surface area (Å²) >= 11 is 0. The molecule has 0 aliphatic carbocycles. The molecule has 64 heavy (non-hydrogen) atoms. The molecule has 0 fully saturated rings. The van der Waals surface area contributed by atoms with Crippen LogP contribution in [0.5, 0.6) is 11.5 Å². The number of benzene rings is 9. The summed E-state index contributed by atoms with van der Waals surface area (Å²) in [5.74, 6) is 0.996. The standard InChI is InChI=1S/C59H40N3O.Pt/c1-59(2,3)40-19-13-21-42(35-40)62-54-31-12-11-27-50(54)51-34-33-44(37-56(51)62)63-43-22-14-20-41(36-43)60-38-61-57-45(39-17-5-4-6-18-39)28-15-29-52(57)48-25-9-7-23-46(48)47-24-8-10-26-49(47)53-30-16-32-55(60)58(53)61;/h4-20,22-35H,1-3H3;/q-3;+4/i4D,5D,6D,17D,18D;. The number of para-hydroxylation sites is 3. The van der Waals surface area contributed by atoms with E-state index in [4.69, 9.17) is 11.6 Å². The van der Waals surface area contributed by atoms with E-state index in [1.54, 1.807) is 0 Å². The largest absolute Gasteiger partial charge is 4.00 e. The summed E-state index contributed by atoms with van der Waals surface area (Å²) in [6, 6.07) is 61.8. The fourth-order valence-electron chi connectivity index (χ4n) is 9.19. The molecule has 0 spiro atoms. The monoisotopic (exact) mass is 1010 g/mol. The molecule has 4 nitrogen and oxygen atoms in total. The summed E-state index contributed by atoms with van der Waals surface area (Å²) in [5, 5.41) is 2.16. The number of hydrogen-bond donors (Lipinski definition) is 0. The SMILES string of the molecule is [2H]c1c([2H])c([2H])c(-c2cccc3c2-[n+]2[c-]n(-c4[c-]c(Oc5[c-]c6c(cc5)c5ccccc5n6-c5[c-]ccc(C(C)(C)C)c5)ccc4)c4cccc(c42)-c2ccccc2-c2ccccc2-3)c([2H])c1[2H].[Pt+4]. The van der Waals surface area contributed by atoms with Crippen molar-refractivity contribution in [3.05, 3.63) is 218 Å². The van der Waals surface area contributed by atoms with Gasteiger partial charge in [-0.1, -0.05) is 165 Å². The third-order valence-corrected chi connectivity index (χ3v) is 12.1. The molecule has 0 N–H and O–H groups in total. The molecule has 0 saturated carbocycles. The van der Waals surface area contributed by atoms with Crippen LogP contribution in [0.2, 0.25) is 0 Å². The van der Waals surface area contributed by atoms with E-state index in [-0.39, 0.29) is 44.1 Å². The van der Waals surface area contributed by atoms with Gasteiger partial charge in [-0.3, -0.25) is 4.57 Å². The summed E-state index contributed by atoms with van der Waals surface area (Å²) in [7, 11) is 0. The normalized spacial score (nSPS) is 13.0. The number of rotatable bonds is 5. The van der Waals surface area contributed by atoms with Gasteiger partial charge in [0.05, 0.1) is 23.6 Å². The van der Waals surface area contributed by atoms with Crippen molar-refractivity contribution in [1.29, 1.82) is 0 Å². The van der Waals surface area contributed by atoms with Crippen LogP contribution in [0.1, 0.15) is 33.2 Å². The zero-order valence-electron chi connectivity index (χ0n) is 40.1. The van der Waals surface area contributed by atoms with Crippen molar-refractivity contribution in [2.24, 2.45) is 0 Å². The maximum absolute atomic E-state index is 9.17. The Morgan fingerprint density at radius 3 is 1.97 bits per heavy atom. The van der Waals surface area contributed by atoms with E-state index >= 15 is 0 Å². The number of imidazole rings is 1. The molecule has 0 amide bonds. The molecule has 0 saturated heterocycles. The molecule has 0 atom stereocenters. The summed E-state index contributed by atoms with van der Waals surface area (Å²) < 4.78 is 56.9. The minimum Gasteiger partial charge on any atom is -0.510 e. The molecule has 3 heterocycles. The molecular formula is C59H40N3OPt+. The summed E-state index contributed by atoms with van der Waals surface area (Å²) in [4.78, 5) is 0. The van der Waals surface area contributed by atoms with Crippen LogP contribution in [-0.4, -0.2) is 9.13 Å². The maximum atomic E-state index is 9.17. The summed E-state index contributed by atoms with van der Waals surface area (Å²) in [6.07, 6.45) is 3.70. The van der Waals surface area contributed by atoms with Crippen LogP contribution >= 0.6 is 0 Å². The van der Waals surface area contributed by atoms with E-state index in [9.17, 15) is 0 Å². The molecule has 9 aromatic carbocycles. The predicted octanol–water partition coefficient (Wildman–Crippen LogP) is 14.3. The number of nitrogens with zero attached hydrogens (tertiary/aromatic N) is 3. The first-order valence-electron chi connectivity index (χ1n) is 23.5. The Labute approximate surface area is 394 Å². The van der Waals surface area contributed by atoms with Gasteiger partial charge < -0.3 is 13.9 Å². The van der Waals surface area contributed by atoms with Crippen LogP contribution in [0.25, 0.3) is 94.4 Å². The number of fused-ring (bicyclic) bond motifs is 10. The predicted molar refractivity (Wildman–Crippen MR) is 255 cm³/mol. The van der Waals surface area contributed by atoms with Gasteiger partial charge in [-0.2, -0.15) is 42.0 Å². The van der Waals surface area contributed by atoms with Crippen LogP contribution in [-0.2, 0) is 26.5 Å². The van der Waals surface area contributed by atoms with Gasteiger partial charge in [-0.05, 0) is 67.1 Å². The van der Waals surface area contributed by atoms with E-state index in [1.165, 1.54) is 5.56 Å². The van der Waals surface area contributed by atoms with Crippen molar-refractivity contribution in [3.8, 4) is 73.1 Å². The van der Waals surface area contributed by atoms with Gasteiger partial charge in [0.25, 0.3) is 6.33 Å². The van der Waals surface area contributed by atoms with Crippen molar-refractivity contribution in [2.45, 2.75) is 26.2 Å². The second kappa shape index (κ2) is 15.5. The van der Waals surface area contributed by atoms with E-state index in [1.807, 2.05) is 94.1 Å². The average molecular weight is 1010 g/mol. The van der Waals surface area contributed by atoms with Crippen molar-refractivity contribution >= 4 is 32.8 Å². The third kappa shape index (κ3) is 6.43. The van der Waals surface area contributed by atoms with Crippen LogP contribution in [0, 0.1) is 24.5 Å². The molecule has 1 aliphatic rings. The fourth-order valence-corrected chi connectivity index (χ4v) is 9.19. The van der Waals surface area contributed by atoms with Gasteiger partial charge in [0.15, 0.2) is 0 Å². The Balaban J connectivity index is 0.00000520. The van der Waals surface area contributed by atoms with Gasteiger partial charge in [0, 0.05) is 17.0 Å². The average Bonchev–Trinajstić information content (AvgIpc) is 3.92. The van der Waals surface area contributed by atoms with Crippen molar-refractivity contribution in [2.75, 3.05) is 0 Å².